The Morgan fingerprint density at radius 3 is 0.829 bits per heavy atom. The van der Waals surface area contributed by atoms with E-state index in [1.165, 1.54) is 61.7 Å². The van der Waals surface area contributed by atoms with Crippen LogP contribution >= 0.6 is 0 Å². The first kappa shape index (κ1) is 116. The number of rotatable bonds is 20. The minimum absolute atomic E-state index is 0.0197. The van der Waals surface area contributed by atoms with Crippen molar-refractivity contribution in [1.82, 2.24) is 0 Å². The van der Waals surface area contributed by atoms with Crippen LogP contribution in [0.4, 0.5) is 0 Å². The molecular formula is C103H161N5O15. The number of carbonyl (C=O) groups is 7. The fourth-order valence-electron chi connectivity index (χ4n) is 11.6. The van der Waals surface area contributed by atoms with Crippen molar-refractivity contribution in [1.29, 1.82) is 0 Å². The lowest BCUT2D eigenvalue weighted by atomic mass is 9.84. The highest BCUT2D eigenvalue weighted by atomic mass is 16.6. The summed E-state index contributed by atoms with van der Waals surface area (Å²) in [7, 11) is 0. The summed E-state index contributed by atoms with van der Waals surface area (Å²) in [5.41, 5.74) is 37.5. The Morgan fingerprint density at radius 1 is 0.341 bits per heavy atom. The van der Waals surface area contributed by atoms with Crippen LogP contribution in [0.25, 0.3) is 6.08 Å². The summed E-state index contributed by atoms with van der Waals surface area (Å²) < 4.78 is 30.3. The molecule has 0 saturated carbocycles. The smallest absolute Gasteiger partial charge is 0.331 e. The third-order valence-electron chi connectivity index (χ3n) is 18.0. The fraction of sp³-hybridized carbons (Fsp3) is 0.544. The second-order valence-electron chi connectivity index (χ2n) is 40.3. The number of aryl methyl sites for hydroxylation is 6. The lowest BCUT2D eigenvalue weighted by molar-refractivity contribution is -0.158. The molecule has 688 valence electrons. The van der Waals surface area contributed by atoms with Crippen molar-refractivity contribution in [2.75, 3.05) is 19.8 Å². The molecule has 0 aliphatic rings. The minimum Gasteiger partial charge on any atom is -0.466 e. The van der Waals surface area contributed by atoms with E-state index in [9.17, 15) is 33.6 Å². The molecule has 4 atom stereocenters. The van der Waals surface area contributed by atoms with Crippen molar-refractivity contribution in [3.8, 4) is 0 Å². The van der Waals surface area contributed by atoms with Gasteiger partial charge in [-0.05, 0) is 237 Å². The number of benzene rings is 6. The maximum Gasteiger partial charge on any atom is 0.331 e. The van der Waals surface area contributed by atoms with E-state index in [4.69, 9.17) is 61.6 Å². The van der Waals surface area contributed by atoms with Gasteiger partial charge in [-0.25, -0.2) is 21.4 Å². The molecule has 0 heterocycles. The highest BCUT2D eigenvalue weighted by molar-refractivity contribution is 5.87. The lowest BCUT2D eigenvalue weighted by Gasteiger charge is -2.24. The summed E-state index contributed by atoms with van der Waals surface area (Å²) in [6, 6.07) is 36.5. The standard InChI is InChI=1S/C18H29NO3.C18H26O2.3C16H25NO2.C12H16O.C7H12O2.H3NO/c1-12-8-13(10-14(9-12)17(2,3)4)15(22-19)11-16(20)21-18(5,6)7;1-13-10-14(12-15(11-13)17(2,3)4)8-9-16(19)20-18(5,6)7;3*1-6-19-15(18)10-14(17)12-7-11(2)8-13(9-12)16(3,4)5;1-9-5-10(8-13)7-11(6-9)12(2,3)4;1-5-6(8)9-7(2,3)4;1-2/h8-10,15H,11,19H2,1-7H3;8-12H,1-7H3;3*7-9,14H,6,10,17H2,1-5H3;5-8H,1-4H3;5H,1H2,2-4H3;2H,1H2/b;9-8+;;;;;;/t;;2*14-;;;;/m..10..../s1. The normalized spacial score (nSPS) is 12.7. The van der Waals surface area contributed by atoms with E-state index < -0.39 is 22.9 Å². The Bertz CT molecular complexity index is 4130. The predicted octanol–water partition coefficient (Wildman–Crippen LogP) is 22.3. The fourth-order valence-corrected chi connectivity index (χ4v) is 11.6. The molecule has 0 bridgehead atoms. The average molecular weight is 1710 g/mol. The third kappa shape index (κ3) is 50.5. The summed E-state index contributed by atoms with van der Waals surface area (Å²) in [5, 5.41) is 6.50. The Balaban J connectivity index is 0. The molecule has 11 N–H and O–H groups in total. The molecule has 2 unspecified atom stereocenters. The van der Waals surface area contributed by atoms with Gasteiger partial charge in [0.25, 0.3) is 0 Å². The second-order valence-corrected chi connectivity index (χ2v) is 40.3. The highest BCUT2D eigenvalue weighted by Gasteiger charge is 2.27. The van der Waals surface area contributed by atoms with E-state index in [1.54, 1.807) is 20.8 Å². The summed E-state index contributed by atoms with van der Waals surface area (Å²) in [6.07, 6.45) is 5.63. The molecule has 0 aromatic heterocycles. The van der Waals surface area contributed by atoms with E-state index in [2.05, 4.69) is 238 Å². The number of hydrogen-bond acceptors (Lipinski definition) is 20. The molecule has 0 aliphatic heterocycles. The van der Waals surface area contributed by atoms with Gasteiger partial charge in [0.2, 0.25) is 0 Å². The highest BCUT2D eigenvalue weighted by Crippen LogP contribution is 2.34. The maximum absolute atomic E-state index is 12.0. The summed E-state index contributed by atoms with van der Waals surface area (Å²) in [6.45, 7) is 77.7. The molecule has 0 aliphatic carbocycles. The minimum atomic E-state index is -0.514. The first-order valence-electron chi connectivity index (χ1n) is 42.5. The van der Waals surface area contributed by atoms with Crippen LogP contribution in [0.2, 0.25) is 0 Å². The Hall–Kier alpha value is -8.99. The molecule has 6 aromatic rings. The molecule has 6 aromatic carbocycles. The monoisotopic (exact) mass is 1710 g/mol. The van der Waals surface area contributed by atoms with Crippen molar-refractivity contribution in [3.63, 3.8) is 0 Å². The Kier molecular flexibility index (Phi) is 49.1. The van der Waals surface area contributed by atoms with Gasteiger partial charge < -0.3 is 50.8 Å². The Labute approximate surface area is 741 Å². The van der Waals surface area contributed by atoms with E-state index in [0.29, 0.717) is 19.8 Å². The molecule has 123 heavy (non-hydrogen) atoms. The second kappa shape index (κ2) is 52.1. The summed E-state index contributed by atoms with van der Waals surface area (Å²) >= 11 is 0. The first-order valence-corrected chi connectivity index (χ1v) is 42.5. The van der Waals surface area contributed by atoms with E-state index in [1.807, 2.05) is 119 Å². The summed E-state index contributed by atoms with van der Waals surface area (Å²) in [5.74, 6) is 7.19. The van der Waals surface area contributed by atoms with Crippen LogP contribution in [0.5, 0.6) is 0 Å². The number of hydrogen-bond donors (Lipinski definition) is 6. The van der Waals surface area contributed by atoms with Gasteiger partial charge in [0.15, 0.2) is 0 Å². The average Bonchev–Trinajstić information content (AvgIpc) is 0.766. The SMILES string of the molecule is C=CC(=O)OC(C)(C)C.CCOC(=O)CC(N)c1cc(C)cc(C(C)(C)C)c1.CCOC(=O)C[C@@H](N)c1cc(C)cc(C(C)(C)C)c1.CCOC(=O)C[C@H](N)c1cc(C)cc(C(C)(C)C)c1.Cc1cc(/C=C/C(=O)OC(C)(C)C)cc(C(C)(C)C)c1.Cc1cc(C(CC(=O)OC(C)(C)C)ON)cc(C(C)(C)C)c1.Cc1cc(C=O)cc(C(C)(C)C)c1.NO. The quantitative estimate of drug-likeness (QED) is 0.0136. The first-order chi connectivity index (χ1) is 56.0. The predicted molar refractivity (Wildman–Crippen MR) is 505 cm³/mol. The zero-order valence-electron chi connectivity index (χ0n) is 82.2. The molecular weight excluding hydrogens is 1550 g/mol. The number of aldehydes is 1. The topological polar surface area (TPSA) is 334 Å². The van der Waals surface area contributed by atoms with Crippen molar-refractivity contribution < 1.29 is 72.0 Å². The van der Waals surface area contributed by atoms with Gasteiger partial charge in [-0.15, -0.1) is 0 Å². The van der Waals surface area contributed by atoms with Gasteiger partial charge in [0, 0.05) is 35.8 Å². The van der Waals surface area contributed by atoms with Gasteiger partial charge >= 0.3 is 35.8 Å². The molecule has 0 fully saturated rings. The van der Waals surface area contributed by atoms with Crippen molar-refractivity contribution >= 4 is 48.2 Å². The number of carbonyl (C=O) groups excluding carboxylic acids is 7. The van der Waals surface area contributed by atoms with Crippen LogP contribution in [0.15, 0.2) is 128 Å². The summed E-state index contributed by atoms with van der Waals surface area (Å²) in [4.78, 5) is 84.3. The van der Waals surface area contributed by atoms with Gasteiger partial charge in [0.05, 0.1) is 45.5 Å². The Morgan fingerprint density at radius 2 is 0.585 bits per heavy atom. The van der Waals surface area contributed by atoms with E-state index >= 15 is 0 Å². The van der Waals surface area contributed by atoms with E-state index in [0.717, 1.165) is 56.9 Å². The van der Waals surface area contributed by atoms with Crippen LogP contribution in [-0.2, 0) is 94.5 Å². The molecule has 0 spiro atoms. The number of ether oxygens (including phenoxy) is 6. The van der Waals surface area contributed by atoms with Crippen LogP contribution in [0.3, 0.4) is 0 Å². The van der Waals surface area contributed by atoms with Gasteiger partial charge in [-0.1, -0.05) is 262 Å². The van der Waals surface area contributed by atoms with E-state index in [-0.39, 0.29) is 112 Å². The lowest BCUT2D eigenvalue weighted by Crippen LogP contribution is -2.26. The van der Waals surface area contributed by atoms with Crippen molar-refractivity contribution in [2.24, 2.45) is 29.0 Å². The van der Waals surface area contributed by atoms with Crippen molar-refractivity contribution in [3.05, 3.63) is 228 Å². The molecule has 0 radical (unpaired) electrons. The van der Waals surface area contributed by atoms with Gasteiger partial charge in [-0.3, -0.25) is 28.8 Å². The zero-order valence-corrected chi connectivity index (χ0v) is 82.2. The largest absolute Gasteiger partial charge is 0.466 e. The maximum atomic E-state index is 12.0. The molecule has 0 saturated heterocycles. The van der Waals surface area contributed by atoms with Crippen LogP contribution in [-0.4, -0.2) is 83.9 Å². The molecule has 0 amide bonds. The molecule has 20 heteroatoms. The zero-order chi connectivity index (χ0) is 96.1. The van der Waals surface area contributed by atoms with Gasteiger partial charge in [0.1, 0.15) is 29.2 Å². The third-order valence-corrected chi connectivity index (χ3v) is 18.0. The van der Waals surface area contributed by atoms with Crippen LogP contribution in [0, 0.1) is 41.5 Å². The van der Waals surface area contributed by atoms with Gasteiger partial charge in [-0.2, -0.15) is 0 Å². The molecule has 6 rings (SSSR count). The molecule has 20 nitrogen and oxygen atoms in total. The number of esters is 6. The van der Waals surface area contributed by atoms with Crippen LogP contribution in [0.1, 0.15) is 363 Å². The number of nitrogens with two attached hydrogens (primary N) is 5. The van der Waals surface area contributed by atoms with Crippen molar-refractivity contribution in [2.45, 2.75) is 348 Å². The van der Waals surface area contributed by atoms with Crippen LogP contribution < -0.4 is 29.0 Å².